The number of β-amino-alcohol motifs (C(OH)–C–C–N with tert-alkyl or cyclic N) is 1. The fourth-order valence-corrected chi connectivity index (χ4v) is 4.82. The van der Waals surface area contributed by atoms with Gasteiger partial charge in [-0.05, 0) is 43.8 Å². The summed E-state index contributed by atoms with van der Waals surface area (Å²) in [6, 6.07) is 4.32. The number of aryl methyl sites for hydroxylation is 1. The van der Waals surface area contributed by atoms with Gasteiger partial charge in [-0.1, -0.05) is 19.8 Å². The summed E-state index contributed by atoms with van der Waals surface area (Å²) in [5.74, 6) is 2.21. The molecule has 1 fully saturated rings. The van der Waals surface area contributed by atoms with Crippen molar-refractivity contribution in [2.45, 2.75) is 58.2 Å². The lowest BCUT2D eigenvalue weighted by Gasteiger charge is -2.17. The Hall–Kier alpha value is -1.04. The minimum atomic E-state index is -0.175. The molecule has 0 radical (unpaired) electrons. The Morgan fingerprint density at radius 1 is 1.31 bits per heavy atom. The zero-order valence-electron chi connectivity index (χ0n) is 17.0. The van der Waals surface area contributed by atoms with Gasteiger partial charge < -0.3 is 20.6 Å². The molecule has 0 aromatic carbocycles. The normalized spacial score (nSPS) is 17.0. The molecule has 2 aromatic rings. The van der Waals surface area contributed by atoms with Gasteiger partial charge >= 0.3 is 0 Å². The Kier molecular flexibility index (Phi) is 8.45. The van der Waals surface area contributed by atoms with Gasteiger partial charge in [-0.25, -0.2) is 9.97 Å². The zero-order chi connectivity index (χ0) is 20.8. The second kappa shape index (κ2) is 10.8. The SMILES string of the molecule is CCCCCc1nc(NCc2ccc(CN3CCC(O)C3)s2)c(N)c(N(P)P)n1. The average molecular weight is 455 g/mol. The highest BCUT2D eigenvalue weighted by Gasteiger charge is 2.20. The summed E-state index contributed by atoms with van der Waals surface area (Å²) in [6.45, 7) is 5.51. The third-order valence-electron chi connectivity index (χ3n) is 4.99. The van der Waals surface area contributed by atoms with Crippen LogP contribution in [-0.2, 0) is 19.5 Å². The Morgan fingerprint density at radius 2 is 2.10 bits per heavy atom. The Bertz CT molecular complexity index is 803. The number of unbranched alkanes of at least 4 members (excludes halogenated alkanes) is 2. The van der Waals surface area contributed by atoms with E-state index in [-0.39, 0.29) is 6.10 Å². The maximum absolute atomic E-state index is 9.69. The van der Waals surface area contributed by atoms with Crippen molar-refractivity contribution in [1.29, 1.82) is 0 Å². The lowest BCUT2D eigenvalue weighted by Crippen LogP contribution is -2.20. The van der Waals surface area contributed by atoms with E-state index in [2.05, 4.69) is 58.0 Å². The van der Waals surface area contributed by atoms with Crippen LogP contribution in [0.15, 0.2) is 12.1 Å². The van der Waals surface area contributed by atoms with Crippen molar-refractivity contribution in [3.8, 4) is 0 Å². The number of hydrogen-bond donors (Lipinski definition) is 3. The summed E-state index contributed by atoms with van der Waals surface area (Å²) in [4.78, 5) is 14.1. The third kappa shape index (κ3) is 6.47. The highest BCUT2D eigenvalue weighted by Crippen LogP contribution is 2.32. The van der Waals surface area contributed by atoms with E-state index in [1.54, 1.807) is 15.8 Å². The first kappa shape index (κ1) is 22.6. The van der Waals surface area contributed by atoms with Crippen LogP contribution in [0.5, 0.6) is 0 Å². The number of aliphatic hydroxyl groups excluding tert-OH is 1. The van der Waals surface area contributed by atoms with Crippen molar-refractivity contribution >= 4 is 47.4 Å². The maximum atomic E-state index is 9.69. The molecular weight excluding hydrogens is 422 g/mol. The van der Waals surface area contributed by atoms with Crippen LogP contribution in [0.3, 0.4) is 0 Å². The molecule has 0 aliphatic carbocycles. The van der Waals surface area contributed by atoms with Crippen molar-refractivity contribution in [3.63, 3.8) is 0 Å². The van der Waals surface area contributed by atoms with Gasteiger partial charge in [0.05, 0.1) is 12.6 Å². The Morgan fingerprint density at radius 3 is 2.79 bits per heavy atom. The molecule has 160 valence electrons. The molecule has 3 heterocycles. The first-order valence-electron chi connectivity index (χ1n) is 10.1. The first-order valence-corrected chi connectivity index (χ1v) is 12.0. The summed E-state index contributed by atoms with van der Waals surface area (Å²) in [5.41, 5.74) is 6.87. The average Bonchev–Trinajstić information content (AvgIpc) is 3.30. The van der Waals surface area contributed by atoms with Crippen molar-refractivity contribution in [2.24, 2.45) is 0 Å². The van der Waals surface area contributed by atoms with Gasteiger partial charge in [-0.3, -0.25) is 4.90 Å². The number of nitrogen functional groups attached to an aromatic ring is 1. The van der Waals surface area contributed by atoms with Crippen LogP contribution in [0.25, 0.3) is 0 Å². The second-order valence-corrected chi connectivity index (χ2v) is 10.5. The smallest absolute Gasteiger partial charge is 0.163 e. The van der Waals surface area contributed by atoms with Gasteiger partial charge in [0.15, 0.2) is 11.6 Å². The van der Waals surface area contributed by atoms with Gasteiger partial charge in [-0.15, -0.1) is 11.3 Å². The van der Waals surface area contributed by atoms with Gasteiger partial charge in [0.1, 0.15) is 11.5 Å². The van der Waals surface area contributed by atoms with Crippen LogP contribution in [0, 0.1) is 0 Å². The van der Waals surface area contributed by atoms with Crippen molar-refractivity contribution < 1.29 is 5.11 Å². The summed E-state index contributed by atoms with van der Waals surface area (Å²) in [7, 11) is 5.16. The molecule has 0 saturated carbocycles. The fraction of sp³-hybridized carbons (Fsp3) is 0.579. The number of nitrogens with zero attached hydrogens (tertiary/aromatic N) is 4. The minimum absolute atomic E-state index is 0.175. The topological polar surface area (TPSA) is 90.5 Å². The first-order chi connectivity index (χ1) is 14.0. The molecule has 1 aliphatic heterocycles. The number of aromatic nitrogens is 2. The van der Waals surface area contributed by atoms with Crippen molar-refractivity contribution in [2.75, 3.05) is 28.6 Å². The predicted molar refractivity (Wildman–Crippen MR) is 129 cm³/mol. The number of anilines is 3. The van der Waals surface area contributed by atoms with E-state index in [0.717, 1.165) is 44.7 Å². The number of hydrogen-bond acceptors (Lipinski definition) is 8. The standard InChI is InChI=1S/C19H32N6OP2S/c1-2-3-4-5-16-22-18(17(20)19(23-16)25(27)28)21-10-14-6-7-15(29-14)12-24-9-8-13(26)11-24/h6-7,13,26H,2-5,8-12,20,27-28H2,1H3,(H,21,22,23). The molecular formula is C19H32N6OP2S. The lowest BCUT2D eigenvalue weighted by atomic mass is 10.2. The molecule has 3 atom stereocenters. The molecule has 0 spiro atoms. The van der Waals surface area contributed by atoms with Gasteiger partial charge in [0.2, 0.25) is 0 Å². The van der Waals surface area contributed by atoms with E-state index < -0.39 is 0 Å². The minimum Gasteiger partial charge on any atom is -0.393 e. The molecule has 4 N–H and O–H groups in total. The van der Waals surface area contributed by atoms with Crippen molar-refractivity contribution in [1.82, 2.24) is 14.9 Å². The van der Waals surface area contributed by atoms with Crippen LogP contribution in [-0.4, -0.2) is 39.2 Å². The molecule has 3 unspecified atom stereocenters. The Balaban J connectivity index is 1.64. The molecule has 0 amide bonds. The maximum Gasteiger partial charge on any atom is 0.163 e. The van der Waals surface area contributed by atoms with Crippen LogP contribution >= 0.6 is 30.1 Å². The van der Waals surface area contributed by atoms with Gasteiger partial charge in [0, 0.05) is 35.8 Å². The quantitative estimate of drug-likeness (QED) is 0.374. The number of likely N-dealkylation sites (tertiary alicyclic amines) is 1. The lowest BCUT2D eigenvalue weighted by molar-refractivity contribution is 0.175. The number of thiophene rings is 1. The van der Waals surface area contributed by atoms with Crippen LogP contribution in [0.4, 0.5) is 17.3 Å². The van der Waals surface area contributed by atoms with Crippen molar-refractivity contribution in [3.05, 3.63) is 27.7 Å². The highest BCUT2D eigenvalue weighted by atomic mass is 32.1. The van der Waals surface area contributed by atoms with Crippen LogP contribution < -0.4 is 15.5 Å². The van der Waals surface area contributed by atoms with Gasteiger partial charge in [-0.2, -0.15) is 0 Å². The van der Waals surface area contributed by atoms with E-state index >= 15 is 0 Å². The summed E-state index contributed by atoms with van der Waals surface area (Å²) in [5, 5.41) is 13.1. The highest BCUT2D eigenvalue weighted by molar-refractivity contribution is 7.39. The predicted octanol–water partition coefficient (Wildman–Crippen LogP) is 3.42. The zero-order valence-corrected chi connectivity index (χ0v) is 20.1. The molecule has 0 bridgehead atoms. The Labute approximate surface area is 182 Å². The summed E-state index contributed by atoms with van der Waals surface area (Å²) >= 11 is 1.79. The van der Waals surface area contributed by atoms with E-state index in [0.29, 0.717) is 23.9 Å². The number of nitrogens with two attached hydrogens (primary N) is 1. The molecule has 2 aromatic heterocycles. The second-order valence-electron chi connectivity index (χ2n) is 7.49. The molecule has 1 aliphatic rings. The van der Waals surface area contributed by atoms with E-state index in [4.69, 9.17) is 5.73 Å². The van der Waals surface area contributed by atoms with E-state index in [9.17, 15) is 5.11 Å². The van der Waals surface area contributed by atoms with E-state index in [1.807, 2.05) is 0 Å². The number of rotatable bonds is 10. The largest absolute Gasteiger partial charge is 0.393 e. The third-order valence-corrected chi connectivity index (χ3v) is 6.55. The van der Waals surface area contributed by atoms with Crippen LogP contribution in [0.2, 0.25) is 0 Å². The summed E-state index contributed by atoms with van der Waals surface area (Å²) in [6.07, 6.45) is 4.96. The number of aliphatic hydroxyl groups is 1. The molecule has 7 nitrogen and oxygen atoms in total. The molecule has 29 heavy (non-hydrogen) atoms. The number of nitrogens with one attached hydrogen (secondary N) is 1. The molecule has 3 rings (SSSR count). The monoisotopic (exact) mass is 454 g/mol. The fourth-order valence-electron chi connectivity index (χ4n) is 3.43. The molecule has 1 saturated heterocycles. The summed E-state index contributed by atoms with van der Waals surface area (Å²) < 4.78 is 1.78. The molecule has 10 heteroatoms. The van der Waals surface area contributed by atoms with Crippen LogP contribution in [0.1, 0.15) is 48.2 Å². The van der Waals surface area contributed by atoms with E-state index in [1.165, 1.54) is 22.6 Å². The van der Waals surface area contributed by atoms with Gasteiger partial charge in [0.25, 0.3) is 0 Å².